The minimum Gasteiger partial charge on any atom is -0.395 e. The van der Waals surface area contributed by atoms with Gasteiger partial charge in [0.05, 0.1) is 25.4 Å². The summed E-state index contributed by atoms with van der Waals surface area (Å²) < 4.78 is 0. The van der Waals surface area contributed by atoms with Crippen molar-refractivity contribution in [2.75, 3.05) is 13.2 Å². The molecule has 2 fully saturated rings. The molecule has 4 nitrogen and oxygen atoms in total. The molecule has 138 valence electrons. The lowest BCUT2D eigenvalue weighted by Crippen LogP contribution is -2.54. The Kier molecular flexibility index (Phi) is 4.66. The third-order valence-corrected chi connectivity index (χ3v) is 8.10. The van der Waals surface area contributed by atoms with E-state index in [-0.39, 0.29) is 24.0 Å². The third kappa shape index (κ3) is 2.49. The summed E-state index contributed by atoms with van der Waals surface area (Å²) in [4.78, 5) is 0. The highest BCUT2D eigenvalue weighted by molar-refractivity contribution is 5.29. The Labute approximate surface area is 145 Å². The standard InChI is InChI=1S/C20H34O4/c1-18(17(24)11-21)8-9-19(2)13(10-18)4-5-15-14(19)6-7-16(23)20(15,3)12-22/h5,13-14,16-17,21-24H,4,6-12H2,1-3H3/t13-,14-,16-,17+,18-,19-,20-/m0/s1. The fourth-order valence-corrected chi connectivity index (χ4v) is 5.91. The van der Waals surface area contributed by atoms with E-state index in [9.17, 15) is 20.4 Å². The quantitative estimate of drug-likeness (QED) is 0.595. The van der Waals surface area contributed by atoms with Gasteiger partial charge in [-0.05, 0) is 61.2 Å². The molecule has 0 heterocycles. The maximum atomic E-state index is 10.5. The van der Waals surface area contributed by atoms with Crippen molar-refractivity contribution >= 4 is 0 Å². The molecule has 0 spiro atoms. The number of aliphatic hydroxyl groups excluding tert-OH is 4. The first-order valence-corrected chi connectivity index (χ1v) is 9.49. The summed E-state index contributed by atoms with van der Waals surface area (Å²) in [5.41, 5.74) is 0.699. The Bertz CT molecular complexity index is 518. The van der Waals surface area contributed by atoms with Crippen molar-refractivity contribution in [2.24, 2.45) is 28.1 Å². The zero-order chi connectivity index (χ0) is 17.8. The molecule has 0 unspecified atom stereocenters. The second kappa shape index (κ2) is 6.08. The number of fused-ring (bicyclic) bond motifs is 3. The molecular weight excluding hydrogens is 304 g/mol. The average Bonchev–Trinajstić information content (AvgIpc) is 2.58. The maximum absolute atomic E-state index is 10.5. The van der Waals surface area contributed by atoms with E-state index in [0.29, 0.717) is 11.8 Å². The second-order valence-corrected chi connectivity index (χ2v) is 9.38. The first-order chi connectivity index (χ1) is 11.2. The molecule has 0 aromatic rings. The lowest BCUT2D eigenvalue weighted by Gasteiger charge is -2.60. The van der Waals surface area contributed by atoms with Crippen LogP contribution in [0.1, 0.15) is 59.3 Å². The fraction of sp³-hybridized carbons (Fsp3) is 0.900. The highest BCUT2D eigenvalue weighted by atomic mass is 16.3. The van der Waals surface area contributed by atoms with Crippen LogP contribution in [-0.4, -0.2) is 45.8 Å². The number of aliphatic hydroxyl groups is 4. The van der Waals surface area contributed by atoms with Crippen molar-refractivity contribution in [1.29, 1.82) is 0 Å². The molecule has 0 radical (unpaired) electrons. The summed E-state index contributed by atoms with van der Waals surface area (Å²) in [7, 11) is 0. The van der Waals surface area contributed by atoms with Crippen molar-refractivity contribution in [3.8, 4) is 0 Å². The van der Waals surface area contributed by atoms with E-state index in [4.69, 9.17) is 0 Å². The summed E-state index contributed by atoms with van der Waals surface area (Å²) in [5, 5.41) is 40.1. The Morgan fingerprint density at radius 1 is 1.17 bits per heavy atom. The van der Waals surface area contributed by atoms with E-state index >= 15 is 0 Å². The Morgan fingerprint density at radius 3 is 2.50 bits per heavy atom. The minimum atomic E-state index is -0.650. The van der Waals surface area contributed by atoms with Gasteiger partial charge in [0.1, 0.15) is 0 Å². The summed E-state index contributed by atoms with van der Waals surface area (Å²) in [6.45, 7) is 6.31. The van der Waals surface area contributed by atoms with Crippen LogP contribution in [0.25, 0.3) is 0 Å². The fourth-order valence-electron chi connectivity index (χ4n) is 5.91. The van der Waals surface area contributed by atoms with Crippen LogP contribution in [0.2, 0.25) is 0 Å². The van der Waals surface area contributed by atoms with Gasteiger partial charge in [0.15, 0.2) is 0 Å². The molecule has 0 bridgehead atoms. The Morgan fingerprint density at radius 2 is 1.88 bits per heavy atom. The number of rotatable bonds is 3. The van der Waals surface area contributed by atoms with E-state index < -0.39 is 17.6 Å². The van der Waals surface area contributed by atoms with Gasteiger partial charge in [-0.3, -0.25) is 0 Å². The van der Waals surface area contributed by atoms with Gasteiger partial charge in [-0.1, -0.05) is 32.4 Å². The van der Waals surface area contributed by atoms with Gasteiger partial charge < -0.3 is 20.4 Å². The van der Waals surface area contributed by atoms with Crippen LogP contribution in [-0.2, 0) is 0 Å². The van der Waals surface area contributed by atoms with Gasteiger partial charge in [0, 0.05) is 5.41 Å². The normalized spacial score (nSPS) is 49.8. The van der Waals surface area contributed by atoms with Crippen molar-refractivity contribution in [1.82, 2.24) is 0 Å². The highest BCUT2D eigenvalue weighted by Gasteiger charge is 2.56. The van der Waals surface area contributed by atoms with Crippen LogP contribution in [0, 0.1) is 28.1 Å². The molecule has 0 amide bonds. The number of allylic oxidation sites excluding steroid dienone is 1. The van der Waals surface area contributed by atoms with E-state index in [1.807, 2.05) is 6.92 Å². The molecule has 0 aromatic carbocycles. The van der Waals surface area contributed by atoms with Crippen LogP contribution in [0.3, 0.4) is 0 Å². The molecule has 0 aromatic heterocycles. The molecular formula is C20H34O4. The van der Waals surface area contributed by atoms with Gasteiger partial charge >= 0.3 is 0 Å². The Balaban J connectivity index is 1.92. The predicted molar refractivity (Wildman–Crippen MR) is 93.3 cm³/mol. The average molecular weight is 338 g/mol. The summed E-state index contributed by atoms with van der Waals surface area (Å²) >= 11 is 0. The van der Waals surface area contributed by atoms with Gasteiger partial charge in [0.25, 0.3) is 0 Å². The number of hydrogen-bond donors (Lipinski definition) is 4. The first-order valence-electron chi connectivity index (χ1n) is 9.49. The molecule has 0 aliphatic heterocycles. The largest absolute Gasteiger partial charge is 0.395 e. The van der Waals surface area contributed by atoms with Crippen molar-refractivity contribution in [2.45, 2.75) is 71.5 Å². The molecule has 2 saturated carbocycles. The lowest BCUT2D eigenvalue weighted by atomic mass is 9.46. The van der Waals surface area contributed by atoms with Gasteiger partial charge in [-0.2, -0.15) is 0 Å². The third-order valence-electron chi connectivity index (χ3n) is 8.10. The van der Waals surface area contributed by atoms with Crippen LogP contribution in [0.15, 0.2) is 11.6 Å². The van der Waals surface area contributed by atoms with Crippen molar-refractivity contribution in [3.63, 3.8) is 0 Å². The van der Waals surface area contributed by atoms with Crippen LogP contribution in [0.4, 0.5) is 0 Å². The van der Waals surface area contributed by atoms with Crippen LogP contribution in [0.5, 0.6) is 0 Å². The monoisotopic (exact) mass is 338 g/mol. The second-order valence-electron chi connectivity index (χ2n) is 9.38. The van der Waals surface area contributed by atoms with E-state index in [2.05, 4.69) is 19.9 Å². The van der Waals surface area contributed by atoms with Crippen molar-refractivity contribution in [3.05, 3.63) is 11.6 Å². The zero-order valence-electron chi connectivity index (χ0n) is 15.3. The SMILES string of the molecule is C[C@]1([C@H](O)CO)CC[C@@]2(C)[C@@H](CC=C3[C@@H]2CC[C@H](O)[C@@]3(C)CO)C1. The summed E-state index contributed by atoms with van der Waals surface area (Å²) in [6.07, 6.45) is 6.72. The topological polar surface area (TPSA) is 80.9 Å². The van der Waals surface area contributed by atoms with Crippen molar-refractivity contribution < 1.29 is 20.4 Å². The maximum Gasteiger partial charge on any atom is 0.0824 e. The molecule has 24 heavy (non-hydrogen) atoms. The highest BCUT2D eigenvalue weighted by Crippen LogP contribution is 2.63. The van der Waals surface area contributed by atoms with Gasteiger partial charge in [-0.25, -0.2) is 0 Å². The molecule has 4 heteroatoms. The molecule has 7 atom stereocenters. The van der Waals surface area contributed by atoms with Gasteiger partial charge in [0.2, 0.25) is 0 Å². The predicted octanol–water partition coefficient (Wildman–Crippen LogP) is 2.25. The first kappa shape index (κ1) is 18.4. The van der Waals surface area contributed by atoms with E-state index in [1.165, 1.54) is 5.57 Å². The molecule has 0 saturated heterocycles. The zero-order valence-corrected chi connectivity index (χ0v) is 15.3. The number of hydrogen-bond acceptors (Lipinski definition) is 4. The summed E-state index contributed by atoms with van der Waals surface area (Å²) in [5.74, 6) is 0.900. The van der Waals surface area contributed by atoms with E-state index in [1.54, 1.807) is 0 Å². The molecule has 3 rings (SSSR count). The Hall–Kier alpha value is -0.420. The van der Waals surface area contributed by atoms with Crippen LogP contribution < -0.4 is 0 Å². The smallest absolute Gasteiger partial charge is 0.0824 e. The summed E-state index contributed by atoms with van der Waals surface area (Å²) in [6, 6.07) is 0. The molecule has 4 N–H and O–H groups in total. The molecule has 3 aliphatic carbocycles. The lowest BCUT2D eigenvalue weighted by molar-refractivity contribution is -0.104. The van der Waals surface area contributed by atoms with Gasteiger partial charge in [-0.15, -0.1) is 0 Å². The minimum absolute atomic E-state index is 0.00180. The molecule has 3 aliphatic rings. The van der Waals surface area contributed by atoms with Crippen LogP contribution >= 0.6 is 0 Å². The van der Waals surface area contributed by atoms with E-state index in [0.717, 1.165) is 38.5 Å².